The summed E-state index contributed by atoms with van der Waals surface area (Å²) in [5.74, 6) is 1.14. The van der Waals surface area contributed by atoms with E-state index >= 15 is 0 Å². The average Bonchev–Trinajstić information content (AvgIpc) is 2.74. The van der Waals surface area contributed by atoms with Crippen LogP contribution in [0, 0.1) is 0 Å². The van der Waals surface area contributed by atoms with Gasteiger partial charge in [0.05, 0.1) is 32.6 Å². The molecule has 0 aliphatic rings. The van der Waals surface area contributed by atoms with E-state index in [0.29, 0.717) is 34.2 Å². The Bertz CT molecular complexity index is 933. The zero-order chi connectivity index (χ0) is 19.9. The minimum atomic E-state index is -0.256. The molecule has 6 nitrogen and oxygen atoms in total. The molecule has 0 fully saturated rings. The number of hydrogen-bond donors (Lipinski definition) is 2. The number of benzene rings is 3. The van der Waals surface area contributed by atoms with Gasteiger partial charge in [0.25, 0.3) is 5.91 Å². The summed E-state index contributed by atoms with van der Waals surface area (Å²) in [6.45, 7) is 0. The van der Waals surface area contributed by atoms with E-state index in [2.05, 4.69) is 10.6 Å². The molecule has 3 aromatic carbocycles. The molecule has 144 valence electrons. The van der Waals surface area contributed by atoms with Crippen molar-refractivity contribution in [2.24, 2.45) is 0 Å². The monoisotopic (exact) mass is 378 g/mol. The third kappa shape index (κ3) is 4.17. The summed E-state index contributed by atoms with van der Waals surface area (Å²) < 4.78 is 16.0. The second-order valence-electron chi connectivity index (χ2n) is 5.90. The SMILES string of the molecule is COc1cc(NC(=O)c2ccccc2Nc2ccccc2)cc(OC)c1OC. The normalized spacial score (nSPS) is 10.1. The zero-order valence-corrected chi connectivity index (χ0v) is 16.0. The number of ether oxygens (including phenoxy) is 3. The van der Waals surface area contributed by atoms with Gasteiger partial charge in [0.2, 0.25) is 5.75 Å². The highest BCUT2D eigenvalue weighted by molar-refractivity contribution is 6.08. The fourth-order valence-corrected chi connectivity index (χ4v) is 2.82. The molecule has 2 N–H and O–H groups in total. The van der Waals surface area contributed by atoms with Gasteiger partial charge in [-0.1, -0.05) is 30.3 Å². The molecule has 0 aliphatic heterocycles. The summed E-state index contributed by atoms with van der Waals surface area (Å²) in [6.07, 6.45) is 0. The van der Waals surface area contributed by atoms with Crippen LogP contribution in [-0.2, 0) is 0 Å². The summed E-state index contributed by atoms with van der Waals surface area (Å²) in [5, 5.41) is 6.16. The Labute approximate surface area is 164 Å². The van der Waals surface area contributed by atoms with Crippen molar-refractivity contribution < 1.29 is 19.0 Å². The molecule has 0 aliphatic carbocycles. The highest BCUT2D eigenvalue weighted by atomic mass is 16.5. The maximum absolute atomic E-state index is 12.9. The molecule has 0 saturated carbocycles. The maximum Gasteiger partial charge on any atom is 0.257 e. The standard InChI is InChI=1S/C22H22N2O4/c1-26-19-13-16(14-20(27-2)21(19)28-3)24-22(25)17-11-7-8-12-18(17)23-15-9-5-4-6-10-15/h4-14,23H,1-3H3,(H,24,25). The number of anilines is 3. The molecule has 6 heteroatoms. The molecular weight excluding hydrogens is 356 g/mol. The quantitative estimate of drug-likeness (QED) is 0.623. The Hall–Kier alpha value is -3.67. The highest BCUT2D eigenvalue weighted by Crippen LogP contribution is 2.40. The number of methoxy groups -OCH3 is 3. The van der Waals surface area contributed by atoms with E-state index in [1.54, 1.807) is 18.2 Å². The minimum absolute atomic E-state index is 0.256. The molecule has 0 radical (unpaired) electrons. The lowest BCUT2D eigenvalue weighted by atomic mass is 10.1. The smallest absolute Gasteiger partial charge is 0.257 e. The third-order valence-electron chi connectivity index (χ3n) is 4.15. The molecule has 0 saturated heterocycles. The minimum Gasteiger partial charge on any atom is -0.493 e. The van der Waals surface area contributed by atoms with Crippen LogP contribution in [0.4, 0.5) is 17.1 Å². The second-order valence-corrected chi connectivity index (χ2v) is 5.90. The predicted molar refractivity (Wildman–Crippen MR) is 110 cm³/mol. The summed E-state index contributed by atoms with van der Waals surface area (Å²) in [5.41, 5.74) is 2.66. The molecule has 0 spiro atoms. The van der Waals surface area contributed by atoms with Crippen molar-refractivity contribution in [2.45, 2.75) is 0 Å². The Kier molecular flexibility index (Phi) is 6.01. The zero-order valence-electron chi connectivity index (χ0n) is 16.0. The lowest BCUT2D eigenvalue weighted by Gasteiger charge is -2.16. The van der Waals surface area contributed by atoms with E-state index in [0.717, 1.165) is 5.69 Å². The van der Waals surface area contributed by atoms with Gasteiger partial charge in [-0.3, -0.25) is 4.79 Å². The highest BCUT2D eigenvalue weighted by Gasteiger charge is 2.16. The number of rotatable bonds is 7. The summed E-state index contributed by atoms with van der Waals surface area (Å²) >= 11 is 0. The van der Waals surface area contributed by atoms with Crippen LogP contribution < -0.4 is 24.8 Å². The average molecular weight is 378 g/mol. The molecule has 0 heterocycles. The van der Waals surface area contributed by atoms with Crippen LogP contribution in [0.25, 0.3) is 0 Å². The molecule has 0 bridgehead atoms. The molecular formula is C22H22N2O4. The largest absolute Gasteiger partial charge is 0.493 e. The van der Waals surface area contributed by atoms with Crippen molar-refractivity contribution in [3.63, 3.8) is 0 Å². The summed E-state index contributed by atoms with van der Waals surface area (Å²) in [7, 11) is 4.59. The fraction of sp³-hybridized carbons (Fsp3) is 0.136. The van der Waals surface area contributed by atoms with Crippen molar-refractivity contribution in [3.8, 4) is 17.2 Å². The van der Waals surface area contributed by atoms with E-state index in [9.17, 15) is 4.79 Å². The van der Waals surface area contributed by atoms with Gasteiger partial charge in [-0.2, -0.15) is 0 Å². The number of carbonyl (C=O) groups is 1. The lowest BCUT2D eigenvalue weighted by molar-refractivity contribution is 0.102. The number of para-hydroxylation sites is 2. The number of carbonyl (C=O) groups excluding carboxylic acids is 1. The molecule has 28 heavy (non-hydrogen) atoms. The first-order valence-corrected chi connectivity index (χ1v) is 8.68. The fourth-order valence-electron chi connectivity index (χ4n) is 2.82. The van der Waals surface area contributed by atoms with E-state index in [4.69, 9.17) is 14.2 Å². The van der Waals surface area contributed by atoms with Crippen molar-refractivity contribution in [3.05, 3.63) is 72.3 Å². The van der Waals surface area contributed by atoms with Gasteiger partial charge < -0.3 is 24.8 Å². The third-order valence-corrected chi connectivity index (χ3v) is 4.15. The van der Waals surface area contributed by atoms with E-state index in [1.165, 1.54) is 21.3 Å². The van der Waals surface area contributed by atoms with Gasteiger partial charge in [-0.15, -0.1) is 0 Å². The van der Waals surface area contributed by atoms with Gasteiger partial charge in [-0.05, 0) is 24.3 Å². The van der Waals surface area contributed by atoms with Crippen LogP contribution in [0.3, 0.4) is 0 Å². The lowest BCUT2D eigenvalue weighted by Crippen LogP contribution is -2.14. The molecule has 0 atom stereocenters. The van der Waals surface area contributed by atoms with Crippen LogP contribution in [0.5, 0.6) is 17.2 Å². The van der Waals surface area contributed by atoms with E-state index in [1.807, 2.05) is 48.5 Å². The molecule has 3 rings (SSSR count). The Morgan fingerprint density at radius 2 is 1.36 bits per heavy atom. The summed E-state index contributed by atoms with van der Waals surface area (Å²) in [6, 6.07) is 20.4. The topological polar surface area (TPSA) is 68.8 Å². The van der Waals surface area contributed by atoms with Crippen molar-refractivity contribution in [2.75, 3.05) is 32.0 Å². The van der Waals surface area contributed by atoms with Crippen LogP contribution >= 0.6 is 0 Å². The van der Waals surface area contributed by atoms with Gasteiger partial charge in [0.15, 0.2) is 11.5 Å². The van der Waals surface area contributed by atoms with Crippen LogP contribution in [0.2, 0.25) is 0 Å². The number of hydrogen-bond acceptors (Lipinski definition) is 5. The van der Waals surface area contributed by atoms with Crippen LogP contribution in [0.1, 0.15) is 10.4 Å². The van der Waals surface area contributed by atoms with E-state index < -0.39 is 0 Å². The molecule has 0 aromatic heterocycles. The first kappa shape index (κ1) is 19.1. The van der Waals surface area contributed by atoms with Crippen molar-refractivity contribution in [1.82, 2.24) is 0 Å². The van der Waals surface area contributed by atoms with E-state index in [-0.39, 0.29) is 5.91 Å². The van der Waals surface area contributed by atoms with Crippen LogP contribution in [-0.4, -0.2) is 27.2 Å². The van der Waals surface area contributed by atoms with Crippen molar-refractivity contribution in [1.29, 1.82) is 0 Å². The van der Waals surface area contributed by atoms with Gasteiger partial charge in [0.1, 0.15) is 0 Å². The number of amides is 1. The Balaban J connectivity index is 1.88. The summed E-state index contributed by atoms with van der Waals surface area (Å²) in [4.78, 5) is 12.9. The van der Waals surface area contributed by atoms with Gasteiger partial charge in [-0.25, -0.2) is 0 Å². The molecule has 3 aromatic rings. The second kappa shape index (κ2) is 8.81. The predicted octanol–water partition coefficient (Wildman–Crippen LogP) is 4.71. The van der Waals surface area contributed by atoms with Gasteiger partial charge in [0, 0.05) is 23.5 Å². The Morgan fingerprint density at radius 3 is 1.96 bits per heavy atom. The maximum atomic E-state index is 12.9. The number of nitrogens with one attached hydrogen (secondary N) is 2. The first-order valence-electron chi connectivity index (χ1n) is 8.68. The van der Waals surface area contributed by atoms with Crippen LogP contribution in [0.15, 0.2) is 66.7 Å². The molecule has 1 amide bonds. The Morgan fingerprint density at radius 1 is 0.750 bits per heavy atom. The van der Waals surface area contributed by atoms with Crippen molar-refractivity contribution >= 4 is 23.0 Å². The first-order chi connectivity index (χ1) is 13.7. The van der Waals surface area contributed by atoms with Gasteiger partial charge >= 0.3 is 0 Å². The molecule has 0 unspecified atom stereocenters.